The largest absolute Gasteiger partial charge is 0.490 e. The smallest absolute Gasteiger partial charge is 0.420 e. The third-order valence-electron chi connectivity index (χ3n) is 11.0. The van der Waals surface area contributed by atoms with E-state index in [0.717, 1.165) is 54.9 Å². The fourth-order valence-electron chi connectivity index (χ4n) is 8.07. The van der Waals surface area contributed by atoms with Crippen molar-refractivity contribution < 1.29 is 28.0 Å². The average molecular weight is 760 g/mol. The number of hydrogen-bond donors (Lipinski definition) is 1. The summed E-state index contributed by atoms with van der Waals surface area (Å²) in [6.07, 6.45) is 8.00. The van der Waals surface area contributed by atoms with Gasteiger partial charge in [-0.15, -0.1) is 17.5 Å². The highest BCUT2D eigenvalue weighted by atomic mass is 35.5. The maximum atomic E-state index is 14.2. The van der Waals surface area contributed by atoms with Crippen LogP contribution in [-0.4, -0.2) is 54.9 Å². The fourth-order valence-corrected chi connectivity index (χ4v) is 9.74. The van der Waals surface area contributed by atoms with Crippen molar-refractivity contribution in [2.75, 3.05) is 37.5 Å². The van der Waals surface area contributed by atoms with Gasteiger partial charge in [-0.3, -0.25) is 4.79 Å². The zero-order valence-corrected chi connectivity index (χ0v) is 32.2. The number of allylic oxidation sites excluding steroid dienone is 1. The molecule has 0 bridgehead atoms. The Morgan fingerprint density at radius 2 is 1.96 bits per heavy atom. The molecule has 6 rings (SSSR count). The lowest BCUT2D eigenvalue weighted by atomic mass is 9.68. The van der Waals surface area contributed by atoms with Gasteiger partial charge in [0.1, 0.15) is 21.8 Å². The Bertz CT molecular complexity index is 1950. The third-order valence-corrected chi connectivity index (χ3v) is 13.0. The molecule has 1 fully saturated rings. The van der Waals surface area contributed by atoms with E-state index in [1.54, 1.807) is 38.3 Å². The molecule has 11 heteroatoms. The standard InChI is InChI=1S/C42H50ClN3O6S/c1-5-7-11-23-53(49,45-41(48)52-29(3)30-13-9-8-10-14-30)44-40(47)32-17-21-39-37(25-32)46(26-33-16-19-35(33)38(6-2)50-4)27-42(28-51-39)22-12-15-31-24-34(43)18-20-36(31)42/h5-6,8-10,13-14,17-18,20-21,24-25,29,33,35,38H,1-2,7,11-12,15-16,19,22-23,26-28H2,3-4H3,(H,44,45,47,48,49)/t29-,33-,35+,38-,42-,53?/m0/s1. The summed E-state index contributed by atoms with van der Waals surface area (Å²) in [5.41, 5.74) is 4.02. The highest BCUT2D eigenvalue weighted by Gasteiger charge is 2.44. The number of fused-ring (bicyclic) bond motifs is 3. The first-order chi connectivity index (χ1) is 25.6. The van der Waals surface area contributed by atoms with E-state index < -0.39 is 28.0 Å². The van der Waals surface area contributed by atoms with Gasteiger partial charge in [0.15, 0.2) is 0 Å². The predicted octanol–water partition coefficient (Wildman–Crippen LogP) is 9.02. The summed E-state index contributed by atoms with van der Waals surface area (Å²) in [4.78, 5) is 29.3. The Balaban J connectivity index is 1.32. The van der Waals surface area contributed by atoms with Crippen molar-refractivity contribution in [3.63, 3.8) is 0 Å². The molecule has 0 saturated heterocycles. The minimum Gasteiger partial charge on any atom is -0.490 e. The number of methoxy groups -OCH3 is 1. The van der Waals surface area contributed by atoms with Gasteiger partial charge >= 0.3 is 6.09 Å². The number of aryl methyl sites for hydroxylation is 1. The fraction of sp³-hybridized carbons (Fsp3) is 0.429. The minimum atomic E-state index is -3.55. The number of carbonyl (C=O) groups is 2. The molecule has 1 saturated carbocycles. The SMILES string of the molecule is C=CCCCS(=O)(=NC(=O)c1ccc2c(c1)N(C[C@@H]1CC[C@H]1[C@H](C=C)OC)C[C@@]1(CCCc3cc(Cl)ccc31)CO2)NC(=O)O[C@@H](C)c1ccccc1. The Morgan fingerprint density at radius 1 is 1.15 bits per heavy atom. The number of ether oxygens (including phenoxy) is 3. The van der Waals surface area contributed by atoms with Gasteiger partial charge in [0, 0.05) is 36.2 Å². The van der Waals surface area contributed by atoms with Crippen LogP contribution < -0.4 is 14.4 Å². The van der Waals surface area contributed by atoms with E-state index in [0.29, 0.717) is 43.6 Å². The predicted molar refractivity (Wildman–Crippen MR) is 211 cm³/mol. The summed E-state index contributed by atoms with van der Waals surface area (Å²) < 4.78 is 38.8. The van der Waals surface area contributed by atoms with Crippen LogP contribution in [0.4, 0.5) is 10.5 Å². The summed E-state index contributed by atoms with van der Waals surface area (Å²) in [6, 6.07) is 20.7. The van der Waals surface area contributed by atoms with Crippen LogP contribution in [0.3, 0.4) is 0 Å². The zero-order chi connectivity index (χ0) is 37.6. The quantitative estimate of drug-likeness (QED) is 0.137. The Labute approximate surface area is 319 Å². The van der Waals surface area contributed by atoms with Crippen LogP contribution in [0.15, 0.2) is 96.4 Å². The number of anilines is 1. The van der Waals surface area contributed by atoms with Crippen molar-refractivity contribution in [2.24, 2.45) is 16.2 Å². The van der Waals surface area contributed by atoms with Gasteiger partial charge in [-0.25, -0.2) is 13.7 Å². The van der Waals surface area contributed by atoms with Crippen molar-refractivity contribution in [1.82, 2.24) is 4.72 Å². The van der Waals surface area contributed by atoms with E-state index in [9.17, 15) is 13.8 Å². The monoisotopic (exact) mass is 759 g/mol. The molecule has 3 aromatic carbocycles. The molecule has 1 spiro atoms. The number of carbonyl (C=O) groups excluding carboxylic acids is 2. The van der Waals surface area contributed by atoms with Gasteiger partial charge in [0.25, 0.3) is 5.91 Å². The number of rotatable bonds is 13. The molecule has 1 aliphatic heterocycles. The van der Waals surface area contributed by atoms with Crippen LogP contribution in [0.5, 0.6) is 5.75 Å². The average Bonchev–Trinajstić information content (AvgIpc) is 3.29. The van der Waals surface area contributed by atoms with Crippen LogP contribution >= 0.6 is 11.6 Å². The lowest BCUT2D eigenvalue weighted by Gasteiger charge is -2.46. The molecular formula is C42H50ClN3O6S. The molecule has 0 aromatic heterocycles. The van der Waals surface area contributed by atoms with Crippen molar-refractivity contribution in [2.45, 2.75) is 69.5 Å². The van der Waals surface area contributed by atoms with Crippen LogP contribution in [0.1, 0.15) is 78.6 Å². The van der Waals surface area contributed by atoms with Gasteiger partial charge < -0.3 is 19.1 Å². The van der Waals surface area contributed by atoms with Gasteiger partial charge in [0.05, 0.1) is 24.2 Å². The normalized spacial score (nSPS) is 22.7. The summed E-state index contributed by atoms with van der Waals surface area (Å²) in [7, 11) is -1.82. The van der Waals surface area contributed by atoms with Crippen molar-refractivity contribution >= 4 is 39.2 Å². The van der Waals surface area contributed by atoms with Crippen molar-refractivity contribution in [3.05, 3.63) is 119 Å². The molecule has 1 unspecified atom stereocenters. The van der Waals surface area contributed by atoms with Gasteiger partial charge in [-0.2, -0.15) is 0 Å². The number of nitrogens with one attached hydrogen (secondary N) is 1. The molecule has 6 atom stereocenters. The number of nitrogens with zero attached hydrogens (tertiary/aromatic N) is 2. The van der Waals surface area contributed by atoms with Gasteiger partial charge in [-0.1, -0.05) is 60.2 Å². The lowest BCUT2D eigenvalue weighted by molar-refractivity contribution is 0.0135. The molecule has 282 valence electrons. The first kappa shape index (κ1) is 38.6. The molecule has 3 aliphatic rings. The molecule has 0 radical (unpaired) electrons. The summed E-state index contributed by atoms with van der Waals surface area (Å²) in [6.45, 7) is 11.4. The molecule has 2 aliphatic carbocycles. The first-order valence-electron chi connectivity index (χ1n) is 18.5. The van der Waals surface area contributed by atoms with Gasteiger partial charge in [-0.05, 0) is 111 Å². The van der Waals surface area contributed by atoms with Crippen LogP contribution in [0, 0.1) is 11.8 Å². The Morgan fingerprint density at radius 3 is 2.68 bits per heavy atom. The topological polar surface area (TPSA) is 107 Å². The summed E-state index contributed by atoms with van der Waals surface area (Å²) >= 11 is 6.45. The minimum absolute atomic E-state index is 0.0428. The van der Waals surface area contributed by atoms with Crippen LogP contribution in [0.2, 0.25) is 5.02 Å². The molecule has 2 amide bonds. The maximum absolute atomic E-state index is 14.2. The van der Waals surface area contributed by atoms with E-state index in [1.165, 1.54) is 11.1 Å². The number of benzene rings is 3. The van der Waals surface area contributed by atoms with Gasteiger partial charge in [0.2, 0.25) is 0 Å². The number of halogens is 1. The maximum Gasteiger partial charge on any atom is 0.420 e. The molecule has 1 heterocycles. The van der Waals surface area contributed by atoms with Crippen molar-refractivity contribution in [3.8, 4) is 5.75 Å². The first-order valence-corrected chi connectivity index (χ1v) is 20.5. The second kappa shape index (κ2) is 16.9. The summed E-state index contributed by atoms with van der Waals surface area (Å²) in [5.74, 6) is 0.603. The van der Waals surface area contributed by atoms with E-state index in [2.05, 4.69) is 39.3 Å². The van der Waals surface area contributed by atoms with E-state index in [1.807, 2.05) is 42.5 Å². The molecule has 1 N–H and O–H groups in total. The summed E-state index contributed by atoms with van der Waals surface area (Å²) in [5, 5.41) is 0.726. The highest BCUT2D eigenvalue weighted by molar-refractivity contribution is 7.92. The molecule has 53 heavy (non-hydrogen) atoms. The second-order valence-electron chi connectivity index (χ2n) is 14.5. The highest BCUT2D eigenvalue weighted by Crippen LogP contribution is 2.47. The molecule has 9 nitrogen and oxygen atoms in total. The number of hydrogen-bond acceptors (Lipinski definition) is 7. The van der Waals surface area contributed by atoms with E-state index >= 15 is 0 Å². The van der Waals surface area contributed by atoms with Crippen LogP contribution in [-0.2, 0) is 31.2 Å². The molecule has 3 aromatic rings. The van der Waals surface area contributed by atoms with Crippen LogP contribution in [0.25, 0.3) is 0 Å². The Hall–Kier alpha value is -4.12. The second-order valence-corrected chi connectivity index (χ2v) is 17.0. The van der Waals surface area contributed by atoms with Crippen molar-refractivity contribution in [1.29, 1.82) is 0 Å². The number of unbranched alkanes of at least 4 members (excludes halogenated alkanes) is 1. The molecular weight excluding hydrogens is 710 g/mol. The zero-order valence-electron chi connectivity index (χ0n) is 30.6. The lowest BCUT2D eigenvalue weighted by Crippen LogP contribution is -2.49. The third kappa shape index (κ3) is 8.82. The van der Waals surface area contributed by atoms with E-state index in [4.69, 9.17) is 25.8 Å². The Kier molecular flexibility index (Phi) is 12.3. The van der Waals surface area contributed by atoms with E-state index in [-0.39, 0.29) is 22.8 Å². The number of amides is 2.